The maximum Gasteiger partial charge on any atom is 0.308 e. The van der Waals surface area contributed by atoms with Crippen molar-refractivity contribution in [3.8, 4) is 0 Å². The standard InChI is InChI=1S/C9H14F2N2O3/c1-15-9(14)5-2-6(13-12)7(3-5)16-4-8(10)11/h5-8,12H,2-4H2,1H3/t5?,6-,7-/m0/s1. The van der Waals surface area contributed by atoms with E-state index in [4.69, 9.17) is 10.3 Å². The molecule has 0 aromatic rings. The van der Waals surface area contributed by atoms with Crippen molar-refractivity contribution in [2.24, 2.45) is 11.0 Å². The van der Waals surface area contributed by atoms with Gasteiger partial charge in [-0.15, -0.1) is 0 Å². The SMILES string of the molecule is COC(=O)C1C[C@H](N=N)[C@@H](OCC(F)F)C1. The van der Waals surface area contributed by atoms with Gasteiger partial charge in [0.1, 0.15) is 6.61 Å². The van der Waals surface area contributed by atoms with Gasteiger partial charge in [-0.25, -0.2) is 14.3 Å². The van der Waals surface area contributed by atoms with Gasteiger partial charge in [0.25, 0.3) is 6.43 Å². The summed E-state index contributed by atoms with van der Waals surface area (Å²) in [6, 6.07) is -0.525. The first-order valence-electron chi connectivity index (χ1n) is 4.92. The van der Waals surface area contributed by atoms with Crippen LogP contribution in [-0.4, -0.2) is 38.3 Å². The third kappa shape index (κ3) is 3.19. The van der Waals surface area contributed by atoms with E-state index in [9.17, 15) is 13.6 Å². The van der Waals surface area contributed by atoms with E-state index in [1.807, 2.05) is 0 Å². The smallest absolute Gasteiger partial charge is 0.308 e. The second kappa shape index (κ2) is 5.83. The highest BCUT2D eigenvalue weighted by Gasteiger charge is 2.39. The minimum atomic E-state index is -2.55. The highest BCUT2D eigenvalue weighted by molar-refractivity contribution is 5.72. The maximum absolute atomic E-state index is 11.9. The average molecular weight is 236 g/mol. The number of hydrogen-bond donors (Lipinski definition) is 1. The molecule has 7 heteroatoms. The van der Waals surface area contributed by atoms with Crippen molar-refractivity contribution in [1.82, 2.24) is 0 Å². The van der Waals surface area contributed by atoms with Crippen LogP contribution < -0.4 is 0 Å². The highest BCUT2D eigenvalue weighted by atomic mass is 19.3. The van der Waals surface area contributed by atoms with Crippen molar-refractivity contribution in [2.75, 3.05) is 13.7 Å². The molecule has 1 rings (SSSR count). The molecule has 0 aromatic heterocycles. The fourth-order valence-electron chi connectivity index (χ4n) is 1.85. The van der Waals surface area contributed by atoms with E-state index in [1.165, 1.54) is 7.11 Å². The third-order valence-corrected chi connectivity index (χ3v) is 2.61. The van der Waals surface area contributed by atoms with Gasteiger partial charge in [0, 0.05) is 0 Å². The molecule has 1 aliphatic carbocycles. The summed E-state index contributed by atoms with van der Waals surface area (Å²) in [7, 11) is 1.27. The quantitative estimate of drug-likeness (QED) is 0.582. The number of halogens is 2. The van der Waals surface area contributed by atoms with Crippen LogP contribution in [0.25, 0.3) is 0 Å². The molecule has 0 saturated heterocycles. The Hall–Kier alpha value is -1.11. The Balaban J connectivity index is 2.50. The summed E-state index contributed by atoms with van der Waals surface area (Å²) >= 11 is 0. The third-order valence-electron chi connectivity index (χ3n) is 2.61. The molecule has 0 bridgehead atoms. The molecule has 92 valence electrons. The summed E-state index contributed by atoms with van der Waals surface area (Å²) in [5.74, 6) is -0.816. The predicted octanol–water partition coefficient (Wildman–Crippen LogP) is 1.62. The molecule has 1 unspecified atom stereocenters. The number of carbonyl (C=O) groups is 1. The Morgan fingerprint density at radius 1 is 1.56 bits per heavy atom. The lowest BCUT2D eigenvalue weighted by Crippen LogP contribution is -2.23. The van der Waals surface area contributed by atoms with E-state index in [0.29, 0.717) is 6.42 Å². The molecule has 3 atom stereocenters. The minimum absolute atomic E-state index is 0.284. The van der Waals surface area contributed by atoms with Gasteiger partial charge in [0.2, 0.25) is 0 Å². The lowest BCUT2D eigenvalue weighted by molar-refractivity contribution is -0.145. The largest absolute Gasteiger partial charge is 0.469 e. The summed E-state index contributed by atoms with van der Waals surface area (Å²) in [4.78, 5) is 11.2. The predicted molar refractivity (Wildman–Crippen MR) is 49.4 cm³/mol. The van der Waals surface area contributed by atoms with Crippen molar-refractivity contribution in [2.45, 2.75) is 31.4 Å². The number of ether oxygens (including phenoxy) is 2. The Morgan fingerprint density at radius 2 is 2.25 bits per heavy atom. The first kappa shape index (κ1) is 13.0. The molecule has 0 radical (unpaired) electrons. The summed E-state index contributed by atoms with van der Waals surface area (Å²) in [6.07, 6.45) is -2.53. The summed E-state index contributed by atoms with van der Waals surface area (Å²) in [5.41, 5.74) is 6.91. The average Bonchev–Trinajstić information content (AvgIpc) is 2.68. The van der Waals surface area contributed by atoms with Crippen LogP contribution in [0.3, 0.4) is 0 Å². The molecule has 16 heavy (non-hydrogen) atoms. The van der Waals surface area contributed by atoms with Crippen LogP contribution in [-0.2, 0) is 14.3 Å². The monoisotopic (exact) mass is 236 g/mol. The van der Waals surface area contributed by atoms with E-state index in [1.54, 1.807) is 0 Å². The van der Waals surface area contributed by atoms with Crippen LogP contribution in [0, 0.1) is 11.4 Å². The van der Waals surface area contributed by atoms with Gasteiger partial charge < -0.3 is 9.47 Å². The first-order chi connectivity index (χ1) is 7.58. The molecule has 1 aliphatic rings. The van der Waals surface area contributed by atoms with E-state index >= 15 is 0 Å². The number of hydrogen-bond acceptors (Lipinski definition) is 5. The van der Waals surface area contributed by atoms with Gasteiger partial charge in [-0.3, -0.25) is 4.79 Å². The maximum atomic E-state index is 11.9. The molecule has 0 spiro atoms. The fraction of sp³-hybridized carbons (Fsp3) is 0.889. The van der Waals surface area contributed by atoms with Crippen molar-refractivity contribution in [1.29, 1.82) is 5.53 Å². The second-order valence-electron chi connectivity index (χ2n) is 3.65. The number of alkyl halides is 2. The highest BCUT2D eigenvalue weighted by Crippen LogP contribution is 2.31. The molecular formula is C9H14F2N2O3. The van der Waals surface area contributed by atoms with Crippen LogP contribution in [0.4, 0.5) is 8.78 Å². The molecule has 1 saturated carbocycles. The first-order valence-corrected chi connectivity index (χ1v) is 4.92. The van der Waals surface area contributed by atoms with Gasteiger partial charge in [0.05, 0.1) is 25.2 Å². The van der Waals surface area contributed by atoms with Gasteiger partial charge >= 0.3 is 5.97 Å². The zero-order valence-electron chi connectivity index (χ0n) is 8.86. The van der Waals surface area contributed by atoms with Gasteiger partial charge in [-0.2, -0.15) is 5.11 Å². The van der Waals surface area contributed by atoms with E-state index in [0.717, 1.165) is 0 Å². The summed E-state index contributed by atoms with van der Waals surface area (Å²) in [5, 5.41) is 3.29. The molecular weight excluding hydrogens is 222 g/mol. The number of nitrogens with zero attached hydrogens (tertiary/aromatic N) is 1. The topological polar surface area (TPSA) is 71.7 Å². The Kier molecular flexibility index (Phi) is 4.72. The zero-order chi connectivity index (χ0) is 12.1. The van der Waals surface area contributed by atoms with E-state index in [-0.39, 0.29) is 6.42 Å². The minimum Gasteiger partial charge on any atom is -0.469 e. The number of methoxy groups -OCH3 is 1. The summed E-state index contributed by atoms with van der Waals surface area (Å²) in [6.45, 7) is -0.690. The molecule has 0 aliphatic heterocycles. The van der Waals surface area contributed by atoms with E-state index in [2.05, 4.69) is 9.85 Å². The molecule has 0 heterocycles. The lowest BCUT2D eigenvalue weighted by atomic mass is 10.1. The Bertz CT molecular complexity index is 263. The Labute approximate surface area is 91.6 Å². The molecule has 5 nitrogen and oxygen atoms in total. The molecule has 1 fully saturated rings. The molecule has 1 N–H and O–H groups in total. The number of carbonyl (C=O) groups excluding carboxylic acids is 1. The number of nitrogens with one attached hydrogen (secondary N) is 1. The van der Waals surface area contributed by atoms with Gasteiger partial charge in [-0.05, 0) is 12.8 Å². The van der Waals surface area contributed by atoms with Crippen molar-refractivity contribution >= 4 is 5.97 Å². The lowest BCUT2D eigenvalue weighted by Gasteiger charge is -2.14. The number of esters is 1. The zero-order valence-corrected chi connectivity index (χ0v) is 8.86. The second-order valence-corrected chi connectivity index (χ2v) is 3.65. The summed E-state index contributed by atoms with van der Waals surface area (Å²) < 4.78 is 33.4. The van der Waals surface area contributed by atoms with Crippen molar-refractivity contribution in [3.63, 3.8) is 0 Å². The Morgan fingerprint density at radius 3 is 2.75 bits per heavy atom. The van der Waals surface area contributed by atoms with Crippen LogP contribution in [0.15, 0.2) is 5.11 Å². The van der Waals surface area contributed by atoms with Crippen LogP contribution in [0.2, 0.25) is 0 Å². The van der Waals surface area contributed by atoms with Crippen molar-refractivity contribution < 1.29 is 23.0 Å². The van der Waals surface area contributed by atoms with Crippen molar-refractivity contribution in [3.05, 3.63) is 0 Å². The normalized spacial score (nSPS) is 29.4. The molecule has 0 amide bonds. The van der Waals surface area contributed by atoms with Crippen LogP contribution in [0.5, 0.6) is 0 Å². The van der Waals surface area contributed by atoms with Crippen LogP contribution in [0.1, 0.15) is 12.8 Å². The van der Waals surface area contributed by atoms with E-state index < -0.39 is 37.1 Å². The van der Waals surface area contributed by atoms with Gasteiger partial charge in [-0.1, -0.05) is 0 Å². The molecule has 0 aromatic carbocycles. The van der Waals surface area contributed by atoms with Crippen LogP contribution >= 0.6 is 0 Å². The number of rotatable bonds is 5. The fourth-order valence-corrected chi connectivity index (χ4v) is 1.85. The van der Waals surface area contributed by atoms with Gasteiger partial charge in [0.15, 0.2) is 0 Å².